The number of benzene rings is 2. The standard InChI is InChI=1S/C20H22N2O5/c1-12-9-13(2)18(22(26)27)14(3)17(12)19(23)21-11-16(20(24)25)10-15-7-5-4-6-8-15/h4-9,16H,10-11H2,1-3H3,(H,21,23)(H,24,25). The number of hydrogen-bond donors (Lipinski definition) is 2. The summed E-state index contributed by atoms with van der Waals surface area (Å²) in [6, 6.07) is 10.7. The molecule has 0 aromatic heterocycles. The van der Waals surface area contributed by atoms with E-state index in [4.69, 9.17) is 0 Å². The molecule has 0 radical (unpaired) electrons. The molecule has 7 nitrogen and oxygen atoms in total. The van der Waals surface area contributed by atoms with Gasteiger partial charge in [-0.2, -0.15) is 0 Å². The number of rotatable bonds is 7. The fourth-order valence-corrected chi connectivity index (χ4v) is 3.26. The van der Waals surface area contributed by atoms with Crippen molar-refractivity contribution in [3.8, 4) is 0 Å². The molecule has 1 atom stereocenters. The van der Waals surface area contributed by atoms with Crippen molar-refractivity contribution in [3.63, 3.8) is 0 Å². The van der Waals surface area contributed by atoms with Crippen molar-refractivity contribution < 1.29 is 19.6 Å². The topological polar surface area (TPSA) is 110 Å². The SMILES string of the molecule is Cc1cc(C)c([N+](=O)[O-])c(C)c1C(=O)NCC(Cc1ccccc1)C(=O)O. The zero-order chi connectivity index (χ0) is 20.1. The summed E-state index contributed by atoms with van der Waals surface area (Å²) in [6.07, 6.45) is 0.280. The van der Waals surface area contributed by atoms with Crippen LogP contribution < -0.4 is 5.32 Å². The predicted octanol–water partition coefficient (Wildman–Crippen LogP) is 3.19. The molecule has 0 aliphatic carbocycles. The summed E-state index contributed by atoms with van der Waals surface area (Å²) < 4.78 is 0. The number of amides is 1. The molecule has 0 heterocycles. The molecular formula is C20H22N2O5. The Balaban J connectivity index is 2.20. The van der Waals surface area contributed by atoms with E-state index >= 15 is 0 Å². The Hall–Kier alpha value is -3.22. The van der Waals surface area contributed by atoms with Gasteiger partial charge in [-0.1, -0.05) is 30.3 Å². The van der Waals surface area contributed by atoms with Gasteiger partial charge in [-0.25, -0.2) is 0 Å². The zero-order valence-corrected chi connectivity index (χ0v) is 15.5. The molecule has 1 amide bonds. The summed E-state index contributed by atoms with van der Waals surface area (Å²) in [7, 11) is 0. The monoisotopic (exact) mass is 370 g/mol. The third kappa shape index (κ3) is 4.69. The van der Waals surface area contributed by atoms with Crippen molar-refractivity contribution >= 4 is 17.6 Å². The highest BCUT2D eigenvalue weighted by Crippen LogP contribution is 2.28. The van der Waals surface area contributed by atoms with E-state index in [0.29, 0.717) is 11.1 Å². The van der Waals surface area contributed by atoms with E-state index in [1.165, 1.54) is 6.92 Å². The highest BCUT2D eigenvalue weighted by atomic mass is 16.6. The minimum atomic E-state index is -1.01. The number of carboxylic acids is 1. The first-order valence-electron chi connectivity index (χ1n) is 8.52. The Kier molecular flexibility index (Phi) is 6.28. The Morgan fingerprint density at radius 1 is 1.15 bits per heavy atom. The number of hydrogen-bond acceptors (Lipinski definition) is 4. The number of aliphatic carboxylic acids is 1. The van der Waals surface area contributed by atoms with Crippen LogP contribution in [0, 0.1) is 36.8 Å². The van der Waals surface area contributed by atoms with Crippen LogP contribution in [0.2, 0.25) is 0 Å². The molecule has 2 N–H and O–H groups in total. The number of nitrogens with zero attached hydrogens (tertiary/aromatic N) is 1. The molecule has 27 heavy (non-hydrogen) atoms. The molecule has 2 aromatic carbocycles. The molecule has 2 aromatic rings. The minimum Gasteiger partial charge on any atom is -0.481 e. The third-order valence-electron chi connectivity index (χ3n) is 4.52. The molecule has 7 heteroatoms. The molecule has 1 unspecified atom stereocenters. The van der Waals surface area contributed by atoms with E-state index in [1.807, 2.05) is 30.3 Å². The van der Waals surface area contributed by atoms with Gasteiger partial charge in [0.2, 0.25) is 0 Å². The molecule has 0 fully saturated rings. The van der Waals surface area contributed by atoms with Gasteiger partial charge in [-0.15, -0.1) is 0 Å². The quantitative estimate of drug-likeness (QED) is 0.574. The molecule has 0 bridgehead atoms. The lowest BCUT2D eigenvalue weighted by atomic mass is 9.96. The number of carbonyl (C=O) groups is 2. The molecule has 0 spiro atoms. The first-order chi connectivity index (χ1) is 12.7. The summed E-state index contributed by atoms with van der Waals surface area (Å²) in [4.78, 5) is 34.9. The average Bonchev–Trinajstić information content (AvgIpc) is 2.58. The van der Waals surface area contributed by atoms with E-state index in [-0.39, 0.29) is 29.8 Å². The van der Waals surface area contributed by atoms with Crippen LogP contribution >= 0.6 is 0 Å². The van der Waals surface area contributed by atoms with Crippen LogP contribution in [0.1, 0.15) is 32.6 Å². The van der Waals surface area contributed by atoms with E-state index in [0.717, 1.165) is 5.56 Å². The number of nitro benzene ring substituents is 1. The van der Waals surface area contributed by atoms with Gasteiger partial charge in [0.1, 0.15) is 0 Å². The summed E-state index contributed by atoms with van der Waals surface area (Å²) in [5, 5.41) is 23.3. The van der Waals surface area contributed by atoms with E-state index in [9.17, 15) is 24.8 Å². The van der Waals surface area contributed by atoms with Gasteiger partial charge < -0.3 is 10.4 Å². The highest BCUT2D eigenvalue weighted by Gasteiger charge is 2.25. The number of carbonyl (C=O) groups excluding carboxylic acids is 1. The van der Waals surface area contributed by atoms with Gasteiger partial charge in [0, 0.05) is 17.7 Å². The minimum absolute atomic E-state index is 0.0659. The Labute approximate surface area is 157 Å². The van der Waals surface area contributed by atoms with Crippen LogP contribution in [0.4, 0.5) is 5.69 Å². The van der Waals surface area contributed by atoms with Gasteiger partial charge in [0.05, 0.1) is 16.4 Å². The van der Waals surface area contributed by atoms with Crippen molar-refractivity contribution in [3.05, 3.63) is 74.3 Å². The third-order valence-corrected chi connectivity index (χ3v) is 4.52. The van der Waals surface area contributed by atoms with Crippen LogP contribution in [0.5, 0.6) is 0 Å². The fraction of sp³-hybridized carbons (Fsp3) is 0.300. The molecule has 2 rings (SSSR count). The van der Waals surface area contributed by atoms with Crippen molar-refractivity contribution in [2.24, 2.45) is 5.92 Å². The van der Waals surface area contributed by atoms with Crippen LogP contribution in [0.25, 0.3) is 0 Å². The summed E-state index contributed by atoms with van der Waals surface area (Å²) in [6.45, 7) is 4.80. The first kappa shape index (κ1) is 20.1. The van der Waals surface area contributed by atoms with Crippen LogP contribution in [0.3, 0.4) is 0 Å². The van der Waals surface area contributed by atoms with Crippen LogP contribution in [-0.4, -0.2) is 28.5 Å². The molecular weight excluding hydrogens is 348 g/mol. The van der Waals surface area contributed by atoms with Crippen LogP contribution in [-0.2, 0) is 11.2 Å². The second kappa shape index (κ2) is 8.44. The van der Waals surface area contributed by atoms with Crippen molar-refractivity contribution in [1.82, 2.24) is 5.32 Å². The smallest absolute Gasteiger partial charge is 0.308 e. The van der Waals surface area contributed by atoms with Gasteiger partial charge in [0.15, 0.2) is 0 Å². The average molecular weight is 370 g/mol. The largest absolute Gasteiger partial charge is 0.481 e. The lowest BCUT2D eigenvalue weighted by Crippen LogP contribution is -2.34. The maximum absolute atomic E-state index is 12.6. The number of nitro groups is 1. The van der Waals surface area contributed by atoms with Crippen molar-refractivity contribution in [2.75, 3.05) is 6.54 Å². The Bertz CT molecular complexity index is 878. The second-order valence-corrected chi connectivity index (χ2v) is 6.55. The Morgan fingerprint density at radius 3 is 2.33 bits per heavy atom. The molecule has 0 saturated heterocycles. The number of carboxylic acid groups (broad SMARTS) is 1. The molecule has 0 aliphatic heterocycles. The van der Waals surface area contributed by atoms with Crippen molar-refractivity contribution in [2.45, 2.75) is 27.2 Å². The van der Waals surface area contributed by atoms with Gasteiger partial charge in [0.25, 0.3) is 11.6 Å². The number of nitrogens with one attached hydrogen (secondary N) is 1. The van der Waals surface area contributed by atoms with Crippen LogP contribution in [0.15, 0.2) is 36.4 Å². The predicted molar refractivity (Wildman–Crippen MR) is 101 cm³/mol. The second-order valence-electron chi connectivity index (χ2n) is 6.55. The van der Waals surface area contributed by atoms with Gasteiger partial charge >= 0.3 is 5.97 Å². The maximum Gasteiger partial charge on any atom is 0.308 e. The fourth-order valence-electron chi connectivity index (χ4n) is 3.26. The highest BCUT2D eigenvalue weighted by molar-refractivity contribution is 5.98. The first-order valence-corrected chi connectivity index (χ1v) is 8.52. The lowest BCUT2D eigenvalue weighted by molar-refractivity contribution is -0.386. The maximum atomic E-state index is 12.6. The lowest BCUT2D eigenvalue weighted by Gasteiger charge is -2.16. The number of aryl methyl sites for hydroxylation is 2. The summed E-state index contributed by atoms with van der Waals surface area (Å²) >= 11 is 0. The van der Waals surface area contributed by atoms with Gasteiger partial charge in [-0.05, 0) is 44.4 Å². The molecule has 0 aliphatic rings. The van der Waals surface area contributed by atoms with E-state index in [1.54, 1.807) is 19.9 Å². The van der Waals surface area contributed by atoms with Gasteiger partial charge in [-0.3, -0.25) is 19.7 Å². The van der Waals surface area contributed by atoms with E-state index < -0.39 is 22.7 Å². The van der Waals surface area contributed by atoms with Crippen molar-refractivity contribution in [1.29, 1.82) is 0 Å². The normalized spacial score (nSPS) is 11.7. The summed E-state index contributed by atoms with van der Waals surface area (Å²) in [5.41, 5.74) is 2.37. The zero-order valence-electron chi connectivity index (χ0n) is 15.5. The molecule has 142 valence electrons. The van der Waals surface area contributed by atoms with E-state index in [2.05, 4.69) is 5.32 Å². The summed E-state index contributed by atoms with van der Waals surface area (Å²) in [5.74, 6) is -2.31. The molecule has 0 saturated carbocycles. The Morgan fingerprint density at radius 2 is 1.78 bits per heavy atom.